The fourth-order valence-electron chi connectivity index (χ4n) is 3.33. The first-order valence-electron chi connectivity index (χ1n) is 9.81. The Bertz CT molecular complexity index is 977. The fraction of sp³-hybridized carbons (Fsp3) is 0.250. The van der Waals surface area contributed by atoms with Gasteiger partial charge in [-0.05, 0) is 54.6 Å². The number of nitrogens with one attached hydrogen (secondary N) is 1. The number of benzene rings is 3. The minimum absolute atomic E-state index is 0.169. The molecule has 0 unspecified atom stereocenters. The van der Waals surface area contributed by atoms with Crippen LogP contribution in [0, 0.1) is 5.82 Å². The molecule has 0 atom stereocenters. The second-order valence-corrected chi connectivity index (χ2v) is 7.09. The highest BCUT2D eigenvalue weighted by molar-refractivity contribution is 5.75. The minimum atomic E-state index is -0.421. The first kappa shape index (κ1) is 21.6. The van der Waals surface area contributed by atoms with Crippen molar-refractivity contribution in [2.75, 3.05) is 39.7 Å². The highest BCUT2D eigenvalue weighted by Gasteiger charge is 2.16. The van der Waals surface area contributed by atoms with Gasteiger partial charge in [0.25, 0.3) is 0 Å². The van der Waals surface area contributed by atoms with Gasteiger partial charge in [0.15, 0.2) is 11.6 Å². The van der Waals surface area contributed by atoms with Crippen molar-refractivity contribution in [3.05, 3.63) is 72.0 Å². The molecule has 0 aromatic heterocycles. The zero-order chi connectivity index (χ0) is 21.5. The van der Waals surface area contributed by atoms with Crippen LogP contribution in [0.2, 0.25) is 0 Å². The summed E-state index contributed by atoms with van der Waals surface area (Å²) in [6.07, 6.45) is 0. The molecule has 0 aliphatic carbocycles. The van der Waals surface area contributed by atoms with Crippen LogP contribution < -0.4 is 20.5 Å². The van der Waals surface area contributed by atoms with E-state index in [1.54, 1.807) is 19.2 Å². The van der Waals surface area contributed by atoms with E-state index in [0.717, 1.165) is 24.3 Å². The lowest BCUT2D eigenvalue weighted by Gasteiger charge is -2.17. The van der Waals surface area contributed by atoms with Gasteiger partial charge in [0.2, 0.25) is 0 Å². The quantitative estimate of drug-likeness (QED) is 0.539. The van der Waals surface area contributed by atoms with Gasteiger partial charge in [0.05, 0.1) is 19.9 Å². The normalized spacial score (nSPS) is 10.9. The number of hydrogen-bond donors (Lipinski definition) is 2. The number of halogens is 1. The van der Waals surface area contributed by atoms with Gasteiger partial charge in [-0.15, -0.1) is 0 Å². The van der Waals surface area contributed by atoms with E-state index in [-0.39, 0.29) is 5.75 Å². The molecule has 3 rings (SSSR count). The van der Waals surface area contributed by atoms with E-state index < -0.39 is 5.82 Å². The Labute approximate surface area is 177 Å². The van der Waals surface area contributed by atoms with Gasteiger partial charge in [0.1, 0.15) is 5.75 Å². The average Bonchev–Trinajstić information content (AvgIpc) is 2.75. The van der Waals surface area contributed by atoms with E-state index in [9.17, 15) is 0 Å². The predicted molar refractivity (Wildman–Crippen MR) is 120 cm³/mol. The Balaban J connectivity index is 1.82. The summed E-state index contributed by atoms with van der Waals surface area (Å²) < 4.78 is 25.8. The van der Waals surface area contributed by atoms with Crippen LogP contribution in [0.3, 0.4) is 0 Å². The topological polar surface area (TPSA) is 59.8 Å². The molecule has 0 fully saturated rings. The van der Waals surface area contributed by atoms with Gasteiger partial charge in [0, 0.05) is 30.9 Å². The van der Waals surface area contributed by atoms with Gasteiger partial charge in [-0.1, -0.05) is 24.3 Å². The molecule has 6 heteroatoms. The smallest absolute Gasteiger partial charge is 0.178 e. The number of likely N-dealkylation sites (N-methyl/N-ethyl adjacent to an activating group) is 1. The Morgan fingerprint density at radius 3 is 2.43 bits per heavy atom. The molecule has 30 heavy (non-hydrogen) atoms. The van der Waals surface area contributed by atoms with Crippen LogP contribution in [0.15, 0.2) is 60.7 Å². The SMILES string of the molecule is COc1cccc(-c2ccc(Nc3ccc(CN(C)CCN)cc3)c(OC)c2F)c1. The maximum Gasteiger partial charge on any atom is 0.178 e. The Hall–Kier alpha value is -3.09. The molecule has 0 aliphatic rings. The molecule has 158 valence electrons. The van der Waals surface area contributed by atoms with Gasteiger partial charge in [-0.2, -0.15) is 0 Å². The average molecular weight is 410 g/mol. The second-order valence-electron chi connectivity index (χ2n) is 7.09. The molecule has 0 spiro atoms. The molecule has 0 saturated heterocycles. The first-order valence-corrected chi connectivity index (χ1v) is 9.81. The van der Waals surface area contributed by atoms with Crippen molar-refractivity contribution < 1.29 is 13.9 Å². The highest BCUT2D eigenvalue weighted by Crippen LogP contribution is 2.37. The Morgan fingerprint density at radius 1 is 1.00 bits per heavy atom. The van der Waals surface area contributed by atoms with Crippen LogP contribution >= 0.6 is 0 Å². The van der Waals surface area contributed by atoms with Gasteiger partial charge >= 0.3 is 0 Å². The summed E-state index contributed by atoms with van der Waals surface area (Å²) in [4.78, 5) is 2.16. The standard InChI is InChI=1S/C24H28FN3O2/c1-28(14-13-26)16-17-7-9-19(10-8-17)27-22-12-11-21(23(25)24(22)30-3)18-5-4-6-20(15-18)29-2/h4-12,15,27H,13-14,16,26H2,1-3H3. The summed E-state index contributed by atoms with van der Waals surface area (Å²) in [7, 11) is 5.09. The molecule has 3 aromatic rings. The number of rotatable bonds is 9. The highest BCUT2D eigenvalue weighted by atomic mass is 19.1. The molecular weight excluding hydrogens is 381 g/mol. The van der Waals surface area contributed by atoms with E-state index in [2.05, 4.69) is 10.2 Å². The fourth-order valence-corrected chi connectivity index (χ4v) is 3.33. The molecule has 0 amide bonds. The van der Waals surface area contributed by atoms with E-state index in [1.807, 2.05) is 55.6 Å². The van der Waals surface area contributed by atoms with Crippen LogP contribution in [0.1, 0.15) is 5.56 Å². The molecule has 3 N–H and O–H groups in total. The summed E-state index contributed by atoms with van der Waals surface area (Å²) in [5, 5.41) is 3.25. The zero-order valence-corrected chi connectivity index (χ0v) is 17.6. The number of nitrogens with zero attached hydrogens (tertiary/aromatic N) is 1. The molecule has 0 bridgehead atoms. The minimum Gasteiger partial charge on any atom is -0.497 e. The lowest BCUT2D eigenvalue weighted by atomic mass is 10.0. The summed E-state index contributed by atoms with van der Waals surface area (Å²) >= 11 is 0. The molecule has 0 radical (unpaired) electrons. The van der Waals surface area contributed by atoms with E-state index in [1.165, 1.54) is 12.7 Å². The summed E-state index contributed by atoms with van der Waals surface area (Å²) in [6.45, 7) is 2.30. The molecule has 3 aromatic carbocycles. The third kappa shape index (κ3) is 5.09. The monoisotopic (exact) mass is 409 g/mol. The van der Waals surface area contributed by atoms with Crippen molar-refractivity contribution in [2.24, 2.45) is 5.73 Å². The van der Waals surface area contributed by atoms with Gasteiger partial charge in [-0.25, -0.2) is 4.39 Å². The number of hydrogen-bond acceptors (Lipinski definition) is 5. The number of anilines is 2. The van der Waals surface area contributed by atoms with Crippen molar-refractivity contribution in [1.82, 2.24) is 4.90 Å². The Kier molecular flexibility index (Phi) is 7.27. The van der Waals surface area contributed by atoms with E-state index >= 15 is 4.39 Å². The summed E-state index contributed by atoms with van der Waals surface area (Å²) in [5.74, 6) is 0.420. The zero-order valence-electron chi connectivity index (χ0n) is 17.6. The van der Waals surface area contributed by atoms with Crippen molar-refractivity contribution >= 4 is 11.4 Å². The second kappa shape index (κ2) is 10.1. The molecular formula is C24H28FN3O2. The van der Waals surface area contributed by atoms with Crippen LogP contribution in [-0.4, -0.2) is 39.3 Å². The summed E-state index contributed by atoms with van der Waals surface area (Å²) in [6, 6.07) is 18.9. The van der Waals surface area contributed by atoms with Crippen molar-refractivity contribution in [2.45, 2.75) is 6.54 Å². The molecule has 0 saturated carbocycles. The first-order chi connectivity index (χ1) is 14.5. The number of nitrogens with two attached hydrogens (primary N) is 1. The van der Waals surface area contributed by atoms with Gasteiger partial charge < -0.3 is 25.4 Å². The van der Waals surface area contributed by atoms with Crippen molar-refractivity contribution in [1.29, 1.82) is 0 Å². The lowest BCUT2D eigenvalue weighted by molar-refractivity contribution is 0.336. The molecule has 5 nitrogen and oxygen atoms in total. The number of methoxy groups -OCH3 is 2. The third-order valence-electron chi connectivity index (χ3n) is 4.88. The maximum atomic E-state index is 15.2. The third-order valence-corrected chi connectivity index (χ3v) is 4.88. The van der Waals surface area contributed by atoms with Crippen LogP contribution in [0.4, 0.5) is 15.8 Å². The number of ether oxygens (including phenoxy) is 2. The largest absolute Gasteiger partial charge is 0.497 e. The lowest BCUT2D eigenvalue weighted by Crippen LogP contribution is -2.24. The van der Waals surface area contributed by atoms with E-state index in [4.69, 9.17) is 15.2 Å². The van der Waals surface area contributed by atoms with Crippen LogP contribution in [-0.2, 0) is 6.54 Å². The Morgan fingerprint density at radius 2 is 1.77 bits per heavy atom. The van der Waals surface area contributed by atoms with Gasteiger partial charge in [-0.3, -0.25) is 0 Å². The molecule has 0 aliphatic heterocycles. The summed E-state index contributed by atoms with van der Waals surface area (Å²) in [5.41, 5.74) is 9.37. The van der Waals surface area contributed by atoms with E-state index in [0.29, 0.717) is 23.5 Å². The maximum absolute atomic E-state index is 15.2. The van der Waals surface area contributed by atoms with Crippen LogP contribution in [0.25, 0.3) is 11.1 Å². The van der Waals surface area contributed by atoms with Crippen molar-refractivity contribution in [3.8, 4) is 22.6 Å². The van der Waals surface area contributed by atoms with Crippen molar-refractivity contribution in [3.63, 3.8) is 0 Å². The van der Waals surface area contributed by atoms with Crippen LogP contribution in [0.5, 0.6) is 11.5 Å². The molecule has 0 heterocycles. The predicted octanol–water partition coefficient (Wildman–Crippen LogP) is 4.64.